The minimum atomic E-state index is -0.545. The molecule has 0 amide bonds. The van der Waals surface area contributed by atoms with E-state index in [-0.39, 0.29) is 0 Å². The standard InChI is InChI=1S/C61H38N2O/c1-3-16-39(17-4-1)40-30-32-42(33-31-40)62(43-34-36-54-48(38-43)44-20-9-13-27-53(44)63(54)41-18-5-2-6-19-41)55-28-15-26-51-58(55)45-21-7-11-24-49(45)61(51)50-25-12-8-22-46(50)59-52(61)35-37-57-60(59)47-23-10-14-29-56(47)64-57/h1-38H. The van der Waals surface area contributed by atoms with E-state index >= 15 is 0 Å². The van der Waals surface area contributed by atoms with Gasteiger partial charge in [0.15, 0.2) is 0 Å². The number of nitrogens with zero attached hydrogens (tertiary/aromatic N) is 2. The molecule has 2 aliphatic carbocycles. The van der Waals surface area contributed by atoms with Gasteiger partial charge in [-0.1, -0.05) is 164 Å². The number of hydrogen-bond donors (Lipinski definition) is 0. The molecule has 0 bridgehead atoms. The molecule has 0 N–H and O–H groups in total. The number of fused-ring (bicyclic) bond motifs is 17. The summed E-state index contributed by atoms with van der Waals surface area (Å²) < 4.78 is 8.94. The molecule has 10 aromatic carbocycles. The maximum absolute atomic E-state index is 6.54. The van der Waals surface area contributed by atoms with Crippen LogP contribution in [-0.2, 0) is 5.41 Å². The summed E-state index contributed by atoms with van der Waals surface area (Å²) in [5.41, 5.74) is 20.7. The highest BCUT2D eigenvalue weighted by Gasteiger charge is 2.53. The lowest BCUT2D eigenvalue weighted by Crippen LogP contribution is -2.26. The summed E-state index contributed by atoms with van der Waals surface area (Å²) in [5, 5.41) is 4.77. The normalized spacial score (nSPS) is 14.6. The minimum Gasteiger partial charge on any atom is -0.456 e. The first-order chi connectivity index (χ1) is 31.8. The van der Waals surface area contributed by atoms with Crippen LogP contribution in [0, 0.1) is 0 Å². The third kappa shape index (κ3) is 4.70. The lowest BCUT2D eigenvalue weighted by Gasteiger charge is -2.32. The number of para-hydroxylation sites is 3. The van der Waals surface area contributed by atoms with Crippen LogP contribution in [0.1, 0.15) is 22.3 Å². The Morgan fingerprint density at radius 1 is 0.375 bits per heavy atom. The molecule has 0 radical (unpaired) electrons. The lowest BCUT2D eigenvalue weighted by atomic mass is 9.70. The number of benzene rings is 10. The zero-order valence-corrected chi connectivity index (χ0v) is 34.7. The molecule has 2 aliphatic rings. The summed E-state index contributed by atoms with van der Waals surface area (Å²) >= 11 is 0. The third-order valence-electron chi connectivity index (χ3n) is 14.0. The second kappa shape index (κ2) is 13.3. The van der Waals surface area contributed by atoms with Crippen LogP contribution in [0.4, 0.5) is 17.1 Å². The van der Waals surface area contributed by atoms with Crippen LogP contribution in [0.25, 0.3) is 82.8 Å². The maximum atomic E-state index is 6.54. The second-order valence-corrected chi connectivity index (χ2v) is 17.1. The molecule has 1 spiro atoms. The summed E-state index contributed by atoms with van der Waals surface area (Å²) in [6.45, 7) is 0. The van der Waals surface area contributed by atoms with Crippen molar-refractivity contribution in [2.45, 2.75) is 5.41 Å². The van der Waals surface area contributed by atoms with Gasteiger partial charge in [-0.15, -0.1) is 0 Å². The van der Waals surface area contributed by atoms with Gasteiger partial charge < -0.3 is 13.9 Å². The van der Waals surface area contributed by atoms with E-state index in [0.29, 0.717) is 0 Å². The van der Waals surface area contributed by atoms with Gasteiger partial charge in [-0.2, -0.15) is 0 Å². The van der Waals surface area contributed by atoms with Crippen molar-refractivity contribution in [1.29, 1.82) is 0 Å². The van der Waals surface area contributed by atoms with E-state index in [2.05, 4.69) is 240 Å². The zero-order chi connectivity index (χ0) is 41.9. The van der Waals surface area contributed by atoms with Gasteiger partial charge in [0.1, 0.15) is 11.2 Å². The lowest BCUT2D eigenvalue weighted by molar-refractivity contribution is 0.668. The van der Waals surface area contributed by atoms with E-state index in [4.69, 9.17) is 4.42 Å². The Labute approximate surface area is 370 Å². The van der Waals surface area contributed by atoms with Crippen LogP contribution in [0.5, 0.6) is 0 Å². The topological polar surface area (TPSA) is 21.3 Å². The molecule has 0 saturated heterocycles. The van der Waals surface area contributed by atoms with Crippen LogP contribution >= 0.6 is 0 Å². The Morgan fingerprint density at radius 3 is 1.77 bits per heavy atom. The number of furan rings is 1. The Hall–Kier alpha value is -8.40. The molecule has 2 heterocycles. The van der Waals surface area contributed by atoms with Gasteiger partial charge >= 0.3 is 0 Å². The molecule has 0 fully saturated rings. The van der Waals surface area contributed by atoms with Crippen molar-refractivity contribution in [3.8, 4) is 39.1 Å². The summed E-state index contributed by atoms with van der Waals surface area (Å²) in [6, 6.07) is 84.5. The fraction of sp³-hybridized carbons (Fsp3) is 0.0164. The first kappa shape index (κ1) is 35.2. The molecule has 3 heteroatoms. The van der Waals surface area contributed by atoms with E-state index in [1.807, 2.05) is 0 Å². The first-order valence-corrected chi connectivity index (χ1v) is 22.1. The fourth-order valence-electron chi connectivity index (χ4n) is 11.5. The van der Waals surface area contributed by atoms with Crippen molar-refractivity contribution in [2.24, 2.45) is 0 Å². The summed E-state index contributed by atoms with van der Waals surface area (Å²) in [4.78, 5) is 2.49. The van der Waals surface area contributed by atoms with Gasteiger partial charge in [0.25, 0.3) is 0 Å². The molecule has 0 saturated carbocycles. The molecule has 1 unspecified atom stereocenters. The molecular weight excluding hydrogens is 777 g/mol. The summed E-state index contributed by atoms with van der Waals surface area (Å²) in [7, 11) is 0. The van der Waals surface area contributed by atoms with Gasteiger partial charge in [0.05, 0.1) is 22.1 Å². The van der Waals surface area contributed by atoms with Gasteiger partial charge in [-0.3, -0.25) is 0 Å². The van der Waals surface area contributed by atoms with Crippen molar-refractivity contribution in [1.82, 2.24) is 4.57 Å². The van der Waals surface area contributed by atoms with E-state index < -0.39 is 5.41 Å². The summed E-state index contributed by atoms with van der Waals surface area (Å²) in [5.74, 6) is 0. The van der Waals surface area contributed by atoms with Crippen molar-refractivity contribution >= 4 is 60.8 Å². The summed E-state index contributed by atoms with van der Waals surface area (Å²) in [6.07, 6.45) is 0. The third-order valence-corrected chi connectivity index (χ3v) is 14.0. The Morgan fingerprint density at radius 2 is 0.969 bits per heavy atom. The number of aromatic nitrogens is 1. The van der Waals surface area contributed by atoms with Gasteiger partial charge in [-0.05, 0) is 117 Å². The molecule has 298 valence electrons. The molecule has 3 nitrogen and oxygen atoms in total. The molecule has 12 aromatic rings. The van der Waals surface area contributed by atoms with Crippen molar-refractivity contribution < 1.29 is 4.42 Å². The first-order valence-electron chi connectivity index (χ1n) is 22.1. The highest BCUT2D eigenvalue weighted by atomic mass is 16.3. The Balaban J connectivity index is 1.05. The fourth-order valence-corrected chi connectivity index (χ4v) is 11.5. The molecule has 64 heavy (non-hydrogen) atoms. The van der Waals surface area contributed by atoms with Crippen molar-refractivity contribution in [3.63, 3.8) is 0 Å². The highest BCUT2D eigenvalue weighted by Crippen LogP contribution is 2.66. The van der Waals surface area contributed by atoms with Gasteiger partial charge in [0.2, 0.25) is 0 Å². The van der Waals surface area contributed by atoms with Gasteiger partial charge in [-0.25, -0.2) is 0 Å². The molecule has 2 aromatic heterocycles. The number of anilines is 3. The van der Waals surface area contributed by atoms with E-state index in [0.717, 1.165) is 39.3 Å². The molecule has 0 aliphatic heterocycles. The quantitative estimate of drug-likeness (QED) is 0.173. The average molecular weight is 815 g/mol. The van der Waals surface area contributed by atoms with E-state index in [1.165, 1.54) is 82.8 Å². The number of rotatable bonds is 5. The van der Waals surface area contributed by atoms with Crippen LogP contribution in [0.2, 0.25) is 0 Å². The zero-order valence-electron chi connectivity index (χ0n) is 34.7. The molecule has 14 rings (SSSR count). The van der Waals surface area contributed by atoms with Gasteiger partial charge in [0, 0.05) is 44.2 Å². The average Bonchev–Trinajstić information content (AvgIpc) is 4.09. The monoisotopic (exact) mass is 814 g/mol. The SMILES string of the molecule is c1ccc(-c2ccc(N(c3ccc4c(c3)c3ccccc3n4-c3ccccc3)c3cccc4c3-c3ccccc3C43c4ccccc4-c4c3ccc3oc5ccccc5c43)cc2)cc1. The van der Waals surface area contributed by atoms with Crippen LogP contribution < -0.4 is 4.90 Å². The molecule has 1 atom stereocenters. The smallest absolute Gasteiger partial charge is 0.136 e. The van der Waals surface area contributed by atoms with Crippen molar-refractivity contribution in [2.75, 3.05) is 4.90 Å². The van der Waals surface area contributed by atoms with Crippen molar-refractivity contribution in [3.05, 3.63) is 253 Å². The van der Waals surface area contributed by atoms with Crippen LogP contribution in [-0.4, -0.2) is 4.57 Å². The van der Waals surface area contributed by atoms with E-state index in [1.54, 1.807) is 0 Å². The molecular formula is C61H38N2O. The minimum absolute atomic E-state index is 0.545. The highest BCUT2D eigenvalue weighted by molar-refractivity contribution is 6.17. The Kier molecular flexibility index (Phi) is 7.32. The van der Waals surface area contributed by atoms with Crippen LogP contribution in [0.15, 0.2) is 235 Å². The maximum Gasteiger partial charge on any atom is 0.136 e. The predicted molar refractivity (Wildman–Crippen MR) is 264 cm³/mol. The Bertz CT molecular complexity index is 3840. The second-order valence-electron chi connectivity index (χ2n) is 17.1. The van der Waals surface area contributed by atoms with Crippen LogP contribution in [0.3, 0.4) is 0 Å². The predicted octanol–water partition coefficient (Wildman–Crippen LogP) is 16.2. The largest absolute Gasteiger partial charge is 0.456 e. The number of hydrogen-bond acceptors (Lipinski definition) is 2. The van der Waals surface area contributed by atoms with E-state index in [9.17, 15) is 0 Å².